The molecule has 0 amide bonds. The van der Waals surface area contributed by atoms with Crippen molar-refractivity contribution in [3.05, 3.63) is 101 Å². The van der Waals surface area contributed by atoms with Gasteiger partial charge in [-0.2, -0.15) is 0 Å². The molecule has 2 aromatic heterocycles. The van der Waals surface area contributed by atoms with Crippen LogP contribution in [0.3, 0.4) is 0 Å². The zero-order valence-corrected chi connectivity index (χ0v) is 25.0. The van der Waals surface area contributed by atoms with Gasteiger partial charge in [0, 0.05) is 29.0 Å². The van der Waals surface area contributed by atoms with Crippen LogP contribution in [0.15, 0.2) is 66.9 Å². The molecule has 1 fully saturated rings. The highest BCUT2D eigenvalue weighted by Gasteiger charge is 2.42. The molecule has 0 radical (unpaired) electrons. The van der Waals surface area contributed by atoms with Gasteiger partial charge >= 0.3 is 0 Å². The van der Waals surface area contributed by atoms with Crippen LogP contribution in [0, 0.1) is 27.7 Å². The van der Waals surface area contributed by atoms with Gasteiger partial charge < -0.3 is 19.5 Å². The Morgan fingerprint density at radius 3 is 2.48 bits per heavy atom. The van der Waals surface area contributed by atoms with Crippen molar-refractivity contribution >= 4 is 38.7 Å². The fourth-order valence-corrected chi connectivity index (χ4v) is 6.41. The lowest BCUT2D eigenvalue weighted by molar-refractivity contribution is 0.417. The summed E-state index contributed by atoms with van der Waals surface area (Å²) in [5.74, 6) is 0.415. The lowest BCUT2D eigenvalue weighted by atomic mass is 9.96. The lowest BCUT2D eigenvalue weighted by Crippen LogP contribution is -2.29. The summed E-state index contributed by atoms with van der Waals surface area (Å²) in [4.78, 5) is 6.71. The van der Waals surface area contributed by atoms with E-state index in [1.807, 2.05) is 29.2 Å². The number of aromatic nitrogens is 2. The van der Waals surface area contributed by atoms with Gasteiger partial charge in [-0.25, -0.2) is 8.42 Å². The van der Waals surface area contributed by atoms with Crippen LogP contribution >= 0.6 is 12.2 Å². The minimum absolute atomic E-state index is 0.241. The molecule has 10 heteroatoms. The van der Waals surface area contributed by atoms with E-state index in [4.69, 9.17) is 17.0 Å². The second kappa shape index (κ2) is 10.6. The molecular formula is C30H33N5O3S2. The van der Waals surface area contributed by atoms with Crippen LogP contribution in [0.1, 0.15) is 45.9 Å². The van der Waals surface area contributed by atoms with Crippen molar-refractivity contribution < 1.29 is 13.2 Å². The fraction of sp³-hybridized carbons (Fsp3) is 0.267. The number of thiocarbonyl (C=S) groups is 1. The van der Waals surface area contributed by atoms with E-state index in [0.717, 1.165) is 40.3 Å². The van der Waals surface area contributed by atoms with Gasteiger partial charge in [-0.05, 0) is 99.1 Å². The summed E-state index contributed by atoms with van der Waals surface area (Å²) >= 11 is 5.92. The topological polar surface area (TPSA) is 88.5 Å². The van der Waals surface area contributed by atoms with Crippen LogP contribution in [-0.2, 0) is 10.0 Å². The van der Waals surface area contributed by atoms with Gasteiger partial charge in [0.15, 0.2) is 5.11 Å². The van der Waals surface area contributed by atoms with Crippen LogP contribution in [0.25, 0.3) is 5.69 Å². The van der Waals surface area contributed by atoms with Crippen LogP contribution in [-0.4, -0.2) is 36.4 Å². The summed E-state index contributed by atoms with van der Waals surface area (Å²) in [6.45, 7) is 8.51. The van der Waals surface area contributed by atoms with E-state index in [1.165, 1.54) is 18.2 Å². The normalized spacial score (nSPS) is 17.1. The summed E-state index contributed by atoms with van der Waals surface area (Å²) in [5.41, 5.74) is 8.81. The number of nitrogens with one attached hydrogen (secondary N) is 2. The van der Waals surface area contributed by atoms with Crippen molar-refractivity contribution in [2.75, 3.05) is 23.0 Å². The monoisotopic (exact) mass is 575 g/mol. The number of methoxy groups -OCH3 is 1. The first kappa shape index (κ1) is 27.7. The molecule has 4 aromatic rings. The van der Waals surface area contributed by atoms with E-state index in [-0.39, 0.29) is 12.1 Å². The predicted octanol–water partition coefficient (Wildman–Crippen LogP) is 5.66. The standard InChI is InChI=1S/C30H33N5O3S2/c1-18-10-9-12-26(20(18)3)34-19(2)16-23(21(34)4)29-28(24-11-7-8-15-31-24)32-30(39)35(29)22-13-14-27(38-5)25(17-22)33-40(6,36)37/h7-17,28-29,33H,1-6H3,(H,32,39). The van der Waals surface area contributed by atoms with Gasteiger partial charge in [-0.15, -0.1) is 0 Å². The van der Waals surface area contributed by atoms with Crippen LogP contribution in [0.5, 0.6) is 5.75 Å². The number of benzene rings is 2. The Kier molecular flexibility index (Phi) is 7.32. The third-order valence-corrected chi connectivity index (χ3v) is 8.37. The molecule has 3 heterocycles. The predicted molar refractivity (Wildman–Crippen MR) is 164 cm³/mol. The summed E-state index contributed by atoms with van der Waals surface area (Å²) in [6, 6.07) is 19.3. The highest BCUT2D eigenvalue weighted by atomic mass is 32.2. The molecule has 8 nitrogen and oxygen atoms in total. The molecule has 2 unspecified atom stereocenters. The first-order valence-corrected chi connectivity index (χ1v) is 15.2. The Labute approximate surface area is 241 Å². The van der Waals surface area contributed by atoms with E-state index >= 15 is 0 Å². The van der Waals surface area contributed by atoms with Crippen LogP contribution in [0.2, 0.25) is 0 Å². The van der Waals surface area contributed by atoms with Gasteiger partial charge in [-0.3, -0.25) is 9.71 Å². The van der Waals surface area contributed by atoms with E-state index in [0.29, 0.717) is 16.5 Å². The summed E-state index contributed by atoms with van der Waals surface area (Å²) in [5, 5.41) is 4.02. The maximum atomic E-state index is 12.1. The van der Waals surface area contributed by atoms with Crippen molar-refractivity contribution in [3.8, 4) is 11.4 Å². The number of anilines is 2. The van der Waals surface area contributed by atoms with E-state index < -0.39 is 10.0 Å². The number of hydrogen-bond donors (Lipinski definition) is 2. The Bertz CT molecular complexity index is 1700. The quantitative estimate of drug-likeness (QED) is 0.275. The molecule has 1 saturated heterocycles. The Balaban J connectivity index is 1.70. The number of ether oxygens (including phenoxy) is 1. The number of hydrogen-bond acceptors (Lipinski definition) is 5. The summed E-state index contributed by atoms with van der Waals surface area (Å²) < 4.78 is 34.6. The highest BCUT2D eigenvalue weighted by Crippen LogP contribution is 2.45. The van der Waals surface area contributed by atoms with Gasteiger partial charge in [0.2, 0.25) is 10.0 Å². The summed E-state index contributed by atoms with van der Waals surface area (Å²) in [6.07, 6.45) is 2.89. The third-order valence-electron chi connectivity index (χ3n) is 7.46. The van der Waals surface area contributed by atoms with Crippen molar-refractivity contribution in [2.45, 2.75) is 39.8 Å². The van der Waals surface area contributed by atoms with Crippen LogP contribution < -0.4 is 19.7 Å². The number of pyridine rings is 1. The molecule has 0 bridgehead atoms. The number of sulfonamides is 1. The smallest absolute Gasteiger partial charge is 0.229 e. The average Bonchev–Trinajstić information content (AvgIpc) is 3.40. The number of aryl methyl sites for hydroxylation is 2. The highest BCUT2D eigenvalue weighted by molar-refractivity contribution is 7.92. The van der Waals surface area contributed by atoms with Gasteiger partial charge in [0.05, 0.1) is 36.8 Å². The van der Waals surface area contributed by atoms with E-state index in [1.54, 1.807) is 18.3 Å². The SMILES string of the molecule is COc1ccc(N2C(=S)NC(c3ccccn3)C2c2cc(C)n(-c3cccc(C)c3C)c2C)cc1NS(C)(=O)=O. The fourth-order valence-electron chi connectivity index (χ4n) is 5.51. The zero-order chi connectivity index (χ0) is 28.8. The molecule has 5 rings (SSSR count). The first-order valence-electron chi connectivity index (χ1n) is 12.9. The van der Waals surface area contributed by atoms with Gasteiger partial charge in [0.25, 0.3) is 0 Å². The molecule has 0 aliphatic carbocycles. The first-order chi connectivity index (χ1) is 19.0. The second-order valence-corrected chi connectivity index (χ2v) is 12.3. The Morgan fingerprint density at radius 2 is 1.80 bits per heavy atom. The maximum absolute atomic E-state index is 12.1. The van der Waals surface area contributed by atoms with Crippen molar-refractivity contribution in [1.29, 1.82) is 0 Å². The van der Waals surface area contributed by atoms with E-state index in [9.17, 15) is 8.42 Å². The number of rotatable bonds is 7. The zero-order valence-electron chi connectivity index (χ0n) is 23.4. The maximum Gasteiger partial charge on any atom is 0.229 e. The van der Waals surface area contributed by atoms with Crippen molar-refractivity contribution in [1.82, 2.24) is 14.9 Å². The molecule has 2 N–H and O–H groups in total. The summed E-state index contributed by atoms with van der Waals surface area (Å²) in [7, 11) is -2.03. The second-order valence-electron chi connectivity index (χ2n) is 10.1. The van der Waals surface area contributed by atoms with Crippen LogP contribution in [0.4, 0.5) is 11.4 Å². The minimum atomic E-state index is -3.54. The van der Waals surface area contributed by atoms with Gasteiger partial charge in [-0.1, -0.05) is 18.2 Å². The van der Waals surface area contributed by atoms with Crippen molar-refractivity contribution in [2.24, 2.45) is 0 Å². The number of nitrogens with zero attached hydrogens (tertiary/aromatic N) is 3. The molecule has 40 heavy (non-hydrogen) atoms. The molecule has 0 saturated carbocycles. The van der Waals surface area contributed by atoms with E-state index in [2.05, 4.69) is 71.6 Å². The molecular weight excluding hydrogens is 542 g/mol. The Morgan fingerprint density at radius 1 is 1.02 bits per heavy atom. The molecule has 208 valence electrons. The average molecular weight is 576 g/mol. The van der Waals surface area contributed by atoms with Crippen molar-refractivity contribution in [3.63, 3.8) is 0 Å². The molecule has 2 atom stereocenters. The lowest BCUT2D eigenvalue weighted by Gasteiger charge is -2.29. The molecule has 2 aromatic carbocycles. The molecule has 0 spiro atoms. The molecule has 1 aliphatic heterocycles. The molecule has 1 aliphatic rings. The third kappa shape index (κ3) is 5.04. The largest absolute Gasteiger partial charge is 0.495 e. The van der Waals surface area contributed by atoms with Gasteiger partial charge in [0.1, 0.15) is 5.75 Å². The minimum Gasteiger partial charge on any atom is -0.495 e. The Hall–Kier alpha value is -3.89.